The van der Waals surface area contributed by atoms with Crippen LogP contribution in [0.1, 0.15) is 30.9 Å². The molecule has 1 amide bonds. The summed E-state index contributed by atoms with van der Waals surface area (Å²) in [4.78, 5) is 12.0. The third-order valence-corrected chi connectivity index (χ3v) is 3.65. The lowest BCUT2D eigenvalue weighted by molar-refractivity contribution is -0.123. The third kappa shape index (κ3) is 4.33. The number of piperidine rings is 1. The van der Waals surface area contributed by atoms with Gasteiger partial charge in [-0.2, -0.15) is 0 Å². The topological polar surface area (TPSA) is 61.4 Å². The Kier molecular flexibility index (Phi) is 5.36. The van der Waals surface area contributed by atoms with Gasteiger partial charge in [0.1, 0.15) is 0 Å². The normalized spacial score (nSPS) is 17.9. The van der Waals surface area contributed by atoms with Crippen LogP contribution in [0.5, 0.6) is 0 Å². The van der Waals surface area contributed by atoms with Crippen LogP contribution < -0.4 is 10.6 Å². The molecule has 19 heavy (non-hydrogen) atoms. The molecule has 1 aliphatic heterocycles. The highest BCUT2D eigenvalue weighted by atomic mass is 16.3. The summed E-state index contributed by atoms with van der Waals surface area (Å²) in [5.74, 6) is 0.506. The molecule has 104 valence electrons. The van der Waals surface area contributed by atoms with E-state index in [0.29, 0.717) is 12.3 Å². The minimum atomic E-state index is -0.296. The van der Waals surface area contributed by atoms with Gasteiger partial charge < -0.3 is 15.7 Å². The lowest BCUT2D eigenvalue weighted by Crippen LogP contribution is -2.35. The zero-order valence-corrected chi connectivity index (χ0v) is 11.1. The van der Waals surface area contributed by atoms with Crippen LogP contribution in [0, 0.1) is 5.92 Å². The number of hydrogen-bond acceptors (Lipinski definition) is 3. The first-order valence-corrected chi connectivity index (χ1v) is 6.95. The zero-order valence-electron chi connectivity index (χ0n) is 11.1. The summed E-state index contributed by atoms with van der Waals surface area (Å²) in [6.45, 7) is 1.93. The SMILES string of the molecule is O=C(CC1CCNCC1)N[C@@H](CO)c1ccccc1. The number of rotatable bonds is 5. The van der Waals surface area contributed by atoms with Crippen molar-refractivity contribution < 1.29 is 9.90 Å². The molecule has 0 radical (unpaired) electrons. The molecular weight excluding hydrogens is 240 g/mol. The number of benzene rings is 1. The van der Waals surface area contributed by atoms with Gasteiger partial charge in [0.05, 0.1) is 12.6 Å². The minimum absolute atomic E-state index is 0.0369. The Hall–Kier alpha value is -1.39. The fourth-order valence-corrected chi connectivity index (χ4v) is 2.52. The lowest BCUT2D eigenvalue weighted by atomic mass is 9.94. The van der Waals surface area contributed by atoms with Crippen LogP contribution in [-0.2, 0) is 4.79 Å². The second-order valence-corrected chi connectivity index (χ2v) is 5.11. The maximum Gasteiger partial charge on any atom is 0.220 e. The van der Waals surface area contributed by atoms with E-state index in [-0.39, 0.29) is 18.6 Å². The predicted molar refractivity (Wildman–Crippen MR) is 74.6 cm³/mol. The Morgan fingerprint density at radius 2 is 2.00 bits per heavy atom. The van der Waals surface area contributed by atoms with E-state index in [4.69, 9.17) is 0 Å². The maximum absolute atomic E-state index is 12.0. The second kappa shape index (κ2) is 7.26. The van der Waals surface area contributed by atoms with E-state index in [0.717, 1.165) is 31.5 Å². The van der Waals surface area contributed by atoms with Gasteiger partial charge in [0, 0.05) is 6.42 Å². The molecule has 2 rings (SSSR count). The Morgan fingerprint density at radius 1 is 1.32 bits per heavy atom. The third-order valence-electron chi connectivity index (χ3n) is 3.65. The van der Waals surface area contributed by atoms with E-state index in [9.17, 15) is 9.90 Å². The standard InChI is InChI=1S/C15H22N2O2/c18-11-14(13-4-2-1-3-5-13)17-15(19)10-12-6-8-16-9-7-12/h1-5,12,14,16,18H,6-11H2,(H,17,19)/t14-/m0/s1. The summed E-state index contributed by atoms with van der Waals surface area (Å²) in [5.41, 5.74) is 0.948. The Labute approximate surface area is 114 Å². The van der Waals surface area contributed by atoms with Crippen LogP contribution in [0.15, 0.2) is 30.3 Å². The van der Waals surface area contributed by atoms with Crippen molar-refractivity contribution in [1.82, 2.24) is 10.6 Å². The van der Waals surface area contributed by atoms with Crippen molar-refractivity contribution in [3.8, 4) is 0 Å². The molecule has 3 N–H and O–H groups in total. The molecule has 1 atom stereocenters. The molecule has 0 saturated carbocycles. The van der Waals surface area contributed by atoms with Crippen molar-refractivity contribution in [1.29, 1.82) is 0 Å². The highest BCUT2D eigenvalue weighted by Gasteiger charge is 2.19. The van der Waals surface area contributed by atoms with Gasteiger partial charge in [0.2, 0.25) is 5.91 Å². The van der Waals surface area contributed by atoms with Gasteiger partial charge in [-0.25, -0.2) is 0 Å². The van der Waals surface area contributed by atoms with Gasteiger partial charge >= 0.3 is 0 Å². The van der Waals surface area contributed by atoms with Crippen LogP contribution in [0.4, 0.5) is 0 Å². The lowest BCUT2D eigenvalue weighted by Gasteiger charge is -2.23. The monoisotopic (exact) mass is 262 g/mol. The van der Waals surface area contributed by atoms with Crippen molar-refractivity contribution in [2.75, 3.05) is 19.7 Å². The molecule has 1 saturated heterocycles. The van der Waals surface area contributed by atoms with Crippen LogP contribution >= 0.6 is 0 Å². The summed E-state index contributed by atoms with van der Waals surface area (Å²) >= 11 is 0. The first kappa shape index (κ1) is 14.0. The van der Waals surface area contributed by atoms with Crippen LogP contribution in [-0.4, -0.2) is 30.7 Å². The molecule has 1 heterocycles. The summed E-state index contributed by atoms with van der Waals surface area (Å²) in [7, 11) is 0. The number of amides is 1. The van der Waals surface area contributed by atoms with Crippen LogP contribution in [0.2, 0.25) is 0 Å². The summed E-state index contributed by atoms with van der Waals surface area (Å²) in [5, 5.41) is 15.6. The van der Waals surface area contributed by atoms with Crippen molar-refractivity contribution in [3.63, 3.8) is 0 Å². The van der Waals surface area contributed by atoms with Crippen LogP contribution in [0.25, 0.3) is 0 Å². The van der Waals surface area contributed by atoms with E-state index >= 15 is 0 Å². The molecule has 4 nitrogen and oxygen atoms in total. The number of aliphatic hydroxyl groups is 1. The Bertz CT molecular complexity index is 388. The molecule has 0 bridgehead atoms. The fourth-order valence-electron chi connectivity index (χ4n) is 2.52. The largest absolute Gasteiger partial charge is 0.394 e. The van der Waals surface area contributed by atoms with E-state index in [2.05, 4.69) is 10.6 Å². The summed E-state index contributed by atoms with van der Waals surface area (Å²) in [6, 6.07) is 9.30. The van der Waals surface area contributed by atoms with Gasteiger partial charge in [0.25, 0.3) is 0 Å². The van der Waals surface area contributed by atoms with E-state index < -0.39 is 0 Å². The number of nitrogens with one attached hydrogen (secondary N) is 2. The molecule has 0 spiro atoms. The van der Waals surface area contributed by atoms with Crippen LogP contribution in [0.3, 0.4) is 0 Å². The number of hydrogen-bond donors (Lipinski definition) is 3. The molecule has 1 fully saturated rings. The van der Waals surface area contributed by atoms with Gasteiger partial charge in [-0.3, -0.25) is 4.79 Å². The summed E-state index contributed by atoms with van der Waals surface area (Å²) < 4.78 is 0. The first-order valence-electron chi connectivity index (χ1n) is 6.95. The van der Waals surface area contributed by atoms with E-state index in [1.54, 1.807) is 0 Å². The van der Waals surface area contributed by atoms with E-state index in [1.807, 2.05) is 30.3 Å². The summed E-state index contributed by atoms with van der Waals surface area (Å²) in [6.07, 6.45) is 2.68. The maximum atomic E-state index is 12.0. The van der Waals surface area contributed by atoms with Gasteiger partial charge in [-0.05, 0) is 37.4 Å². The molecule has 1 aromatic carbocycles. The number of carbonyl (C=O) groups excluding carboxylic acids is 1. The highest BCUT2D eigenvalue weighted by molar-refractivity contribution is 5.76. The predicted octanol–water partition coefficient (Wildman–Crippen LogP) is 1.23. The second-order valence-electron chi connectivity index (χ2n) is 5.11. The average molecular weight is 262 g/mol. The van der Waals surface area contributed by atoms with E-state index in [1.165, 1.54) is 0 Å². The molecular formula is C15H22N2O2. The van der Waals surface area contributed by atoms with Gasteiger partial charge in [0.15, 0.2) is 0 Å². The van der Waals surface area contributed by atoms with Crippen molar-refractivity contribution >= 4 is 5.91 Å². The van der Waals surface area contributed by atoms with Gasteiger partial charge in [-0.15, -0.1) is 0 Å². The minimum Gasteiger partial charge on any atom is -0.394 e. The highest BCUT2D eigenvalue weighted by Crippen LogP contribution is 2.17. The molecule has 4 heteroatoms. The Balaban J connectivity index is 1.85. The van der Waals surface area contributed by atoms with Crippen molar-refractivity contribution in [2.24, 2.45) is 5.92 Å². The fraction of sp³-hybridized carbons (Fsp3) is 0.533. The molecule has 0 aromatic heterocycles. The van der Waals surface area contributed by atoms with Crippen molar-refractivity contribution in [3.05, 3.63) is 35.9 Å². The zero-order chi connectivity index (χ0) is 13.5. The average Bonchev–Trinajstić information content (AvgIpc) is 2.47. The Morgan fingerprint density at radius 3 is 2.63 bits per heavy atom. The molecule has 1 aromatic rings. The molecule has 0 aliphatic carbocycles. The van der Waals surface area contributed by atoms with Crippen molar-refractivity contribution in [2.45, 2.75) is 25.3 Å². The number of carbonyl (C=O) groups is 1. The number of aliphatic hydroxyl groups excluding tert-OH is 1. The van der Waals surface area contributed by atoms with Gasteiger partial charge in [-0.1, -0.05) is 30.3 Å². The first-order chi connectivity index (χ1) is 9.29. The quantitative estimate of drug-likeness (QED) is 0.748. The smallest absolute Gasteiger partial charge is 0.220 e. The molecule has 1 aliphatic rings. The molecule has 0 unspecified atom stereocenters.